The van der Waals surface area contributed by atoms with Gasteiger partial charge >= 0.3 is 6.03 Å². The van der Waals surface area contributed by atoms with Crippen molar-refractivity contribution in [3.63, 3.8) is 0 Å². The van der Waals surface area contributed by atoms with Gasteiger partial charge in [0, 0.05) is 31.9 Å². The van der Waals surface area contributed by atoms with E-state index in [4.69, 9.17) is 9.84 Å². The SMILES string of the molecule is CC(NC(=O)N[C@H](C)CCO)C1CCOCC1. The number of amides is 2. The van der Waals surface area contributed by atoms with E-state index in [0.29, 0.717) is 12.3 Å². The average Bonchev–Trinajstić information content (AvgIpc) is 2.30. The molecule has 100 valence electrons. The fraction of sp³-hybridized carbons (Fsp3) is 0.917. The van der Waals surface area contributed by atoms with Gasteiger partial charge in [0.25, 0.3) is 0 Å². The number of carbonyl (C=O) groups excluding carboxylic acids is 1. The predicted octanol–water partition coefficient (Wildman–Crippen LogP) is 0.872. The molecule has 0 aromatic heterocycles. The number of aliphatic hydroxyl groups is 1. The predicted molar refractivity (Wildman–Crippen MR) is 65.8 cm³/mol. The first kappa shape index (κ1) is 14.3. The lowest BCUT2D eigenvalue weighted by molar-refractivity contribution is 0.0570. The van der Waals surface area contributed by atoms with Crippen LogP contribution in [0.15, 0.2) is 0 Å². The Labute approximate surface area is 103 Å². The van der Waals surface area contributed by atoms with E-state index in [2.05, 4.69) is 10.6 Å². The van der Waals surface area contributed by atoms with Gasteiger partial charge in [-0.05, 0) is 39.0 Å². The van der Waals surface area contributed by atoms with Crippen LogP contribution in [0.1, 0.15) is 33.1 Å². The molecule has 17 heavy (non-hydrogen) atoms. The van der Waals surface area contributed by atoms with E-state index in [1.54, 1.807) is 0 Å². The Morgan fingerprint density at radius 1 is 1.35 bits per heavy atom. The van der Waals surface area contributed by atoms with Crippen LogP contribution in [0.3, 0.4) is 0 Å². The second kappa shape index (κ2) is 7.50. The van der Waals surface area contributed by atoms with E-state index in [0.717, 1.165) is 26.1 Å². The molecule has 2 atom stereocenters. The Morgan fingerprint density at radius 3 is 2.59 bits per heavy atom. The minimum atomic E-state index is -0.148. The summed E-state index contributed by atoms with van der Waals surface area (Å²) in [5.41, 5.74) is 0. The molecule has 0 aromatic rings. The van der Waals surface area contributed by atoms with Gasteiger partial charge in [0.2, 0.25) is 0 Å². The van der Waals surface area contributed by atoms with Crippen molar-refractivity contribution < 1.29 is 14.6 Å². The summed E-state index contributed by atoms with van der Waals surface area (Å²) < 4.78 is 5.30. The maximum Gasteiger partial charge on any atom is 0.315 e. The fourth-order valence-electron chi connectivity index (χ4n) is 2.07. The van der Waals surface area contributed by atoms with Crippen LogP contribution in [0.25, 0.3) is 0 Å². The molecule has 5 nitrogen and oxygen atoms in total. The maximum atomic E-state index is 11.6. The highest BCUT2D eigenvalue weighted by atomic mass is 16.5. The molecule has 2 amide bonds. The molecule has 1 unspecified atom stereocenters. The number of aliphatic hydroxyl groups excluding tert-OH is 1. The molecule has 0 aliphatic carbocycles. The first-order valence-electron chi connectivity index (χ1n) is 6.39. The summed E-state index contributed by atoms with van der Waals surface area (Å²) in [6, 6.07) is 0.0204. The molecule has 1 fully saturated rings. The minimum absolute atomic E-state index is 0.00175. The highest BCUT2D eigenvalue weighted by Gasteiger charge is 2.22. The number of hydrogen-bond acceptors (Lipinski definition) is 3. The Hall–Kier alpha value is -0.810. The first-order valence-corrected chi connectivity index (χ1v) is 6.39. The van der Waals surface area contributed by atoms with E-state index in [-0.39, 0.29) is 24.7 Å². The summed E-state index contributed by atoms with van der Waals surface area (Å²) in [5.74, 6) is 0.502. The van der Waals surface area contributed by atoms with E-state index >= 15 is 0 Å². The average molecular weight is 244 g/mol. The van der Waals surface area contributed by atoms with E-state index in [1.165, 1.54) is 0 Å². The van der Waals surface area contributed by atoms with Crippen LogP contribution in [0.4, 0.5) is 4.79 Å². The zero-order valence-electron chi connectivity index (χ0n) is 10.7. The number of hydrogen-bond donors (Lipinski definition) is 3. The van der Waals surface area contributed by atoms with Gasteiger partial charge in [-0.25, -0.2) is 4.79 Å². The summed E-state index contributed by atoms with van der Waals surface area (Å²) in [7, 11) is 0. The van der Waals surface area contributed by atoms with Crippen LogP contribution >= 0.6 is 0 Å². The van der Waals surface area contributed by atoms with Crippen LogP contribution in [0, 0.1) is 5.92 Å². The third-order valence-corrected chi connectivity index (χ3v) is 3.27. The summed E-state index contributed by atoms with van der Waals surface area (Å²) in [6.45, 7) is 5.59. The Balaban J connectivity index is 2.24. The number of nitrogens with one attached hydrogen (secondary N) is 2. The standard InChI is InChI=1S/C12H24N2O3/c1-9(3-6-15)13-12(16)14-10(2)11-4-7-17-8-5-11/h9-11,15H,3-8H2,1-2H3,(H2,13,14,16)/t9-,10?/m1/s1. The van der Waals surface area contributed by atoms with Gasteiger partial charge in [-0.15, -0.1) is 0 Å². The van der Waals surface area contributed by atoms with Crippen molar-refractivity contribution in [3.8, 4) is 0 Å². The molecule has 0 spiro atoms. The van der Waals surface area contributed by atoms with Crippen LogP contribution in [-0.2, 0) is 4.74 Å². The van der Waals surface area contributed by atoms with Crippen molar-refractivity contribution in [2.75, 3.05) is 19.8 Å². The molecular weight excluding hydrogens is 220 g/mol. The molecule has 0 aromatic carbocycles. The molecule has 3 N–H and O–H groups in total. The van der Waals surface area contributed by atoms with Gasteiger partial charge in [-0.3, -0.25) is 0 Å². The second-order valence-electron chi connectivity index (χ2n) is 4.77. The van der Waals surface area contributed by atoms with Gasteiger partial charge < -0.3 is 20.5 Å². The second-order valence-corrected chi connectivity index (χ2v) is 4.77. The normalized spacial score (nSPS) is 20.6. The zero-order valence-corrected chi connectivity index (χ0v) is 10.7. The molecule has 1 aliphatic heterocycles. The summed E-state index contributed by atoms with van der Waals surface area (Å²) >= 11 is 0. The van der Waals surface area contributed by atoms with Gasteiger partial charge in [0.15, 0.2) is 0 Å². The van der Waals surface area contributed by atoms with Crippen molar-refractivity contribution in [2.24, 2.45) is 5.92 Å². The van der Waals surface area contributed by atoms with Crippen molar-refractivity contribution in [1.29, 1.82) is 0 Å². The van der Waals surface area contributed by atoms with Crippen molar-refractivity contribution in [1.82, 2.24) is 10.6 Å². The van der Waals surface area contributed by atoms with E-state index in [9.17, 15) is 4.79 Å². The number of carbonyl (C=O) groups is 1. The van der Waals surface area contributed by atoms with Crippen molar-refractivity contribution >= 4 is 6.03 Å². The molecular formula is C12H24N2O3. The summed E-state index contributed by atoms with van der Waals surface area (Å²) in [6.07, 6.45) is 2.60. The van der Waals surface area contributed by atoms with Crippen LogP contribution < -0.4 is 10.6 Å². The molecule has 1 aliphatic rings. The smallest absolute Gasteiger partial charge is 0.315 e. The molecule has 1 rings (SSSR count). The molecule has 0 saturated carbocycles. The number of ether oxygens (including phenoxy) is 1. The Kier molecular flexibility index (Phi) is 6.29. The Bertz CT molecular complexity index is 230. The van der Waals surface area contributed by atoms with Gasteiger partial charge in [-0.1, -0.05) is 0 Å². The lowest BCUT2D eigenvalue weighted by Crippen LogP contribution is -2.47. The third kappa shape index (κ3) is 5.37. The maximum absolute atomic E-state index is 11.6. The van der Waals surface area contributed by atoms with Gasteiger partial charge in [0.05, 0.1) is 0 Å². The fourth-order valence-corrected chi connectivity index (χ4v) is 2.07. The largest absolute Gasteiger partial charge is 0.396 e. The van der Waals surface area contributed by atoms with Crippen LogP contribution in [-0.4, -0.2) is 43.0 Å². The van der Waals surface area contributed by atoms with E-state index in [1.807, 2.05) is 13.8 Å². The van der Waals surface area contributed by atoms with E-state index < -0.39 is 0 Å². The lowest BCUT2D eigenvalue weighted by atomic mass is 9.93. The Morgan fingerprint density at radius 2 is 2.00 bits per heavy atom. The number of rotatable bonds is 5. The van der Waals surface area contributed by atoms with Gasteiger partial charge in [0.1, 0.15) is 0 Å². The van der Waals surface area contributed by atoms with Gasteiger partial charge in [-0.2, -0.15) is 0 Å². The van der Waals surface area contributed by atoms with Crippen LogP contribution in [0.5, 0.6) is 0 Å². The first-order chi connectivity index (χ1) is 8.13. The highest BCUT2D eigenvalue weighted by molar-refractivity contribution is 5.74. The summed E-state index contributed by atoms with van der Waals surface area (Å²) in [4.78, 5) is 11.6. The third-order valence-electron chi connectivity index (χ3n) is 3.27. The highest BCUT2D eigenvalue weighted by Crippen LogP contribution is 2.18. The molecule has 0 bridgehead atoms. The topological polar surface area (TPSA) is 70.6 Å². The van der Waals surface area contributed by atoms with Crippen molar-refractivity contribution in [2.45, 2.75) is 45.2 Å². The van der Waals surface area contributed by atoms with Crippen molar-refractivity contribution in [3.05, 3.63) is 0 Å². The zero-order chi connectivity index (χ0) is 12.7. The number of urea groups is 1. The molecule has 1 saturated heterocycles. The molecule has 5 heteroatoms. The summed E-state index contributed by atoms with van der Waals surface area (Å²) in [5, 5.41) is 14.5. The minimum Gasteiger partial charge on any atom is -0.396 e. The van der Waals surface area contributed by atoms with Crippen LogP contribution in [0.2, 0.25) is 0 Å². The quantitative estimate of drug-likeness (QED) is 0.672. The monoisotopic (exact) mass is 244 g/mol. The lowest BCUT2D eigenvalue weighted by Gasteiger charge is -2.28. The molecule has 1 heterocycles. The molecule has 0 radical (unpaired) electrons.